The van der Waals surface area contributed by atoms with Crippen molar-refractivity contribution in [3.05, 3.63) is 35.9 Å². The van der Waals surface area contributed by atoms with Crippen LogP contribution in [0.25, 0.3) is 0 Å². The minimum Gasteiger partial charge on any atom is -0.453 e. The van der Waals surface area contributed by atoms with Crippen LogP contribution in [0.4, 0.5) is 0 Å². The summed E-state index contributed by atoms with van der Waals surface area (Å²) < 4.78 is 14.0. The van der Waals surface area contributed by atoms with Crippen molar-refractivity contribution >= 4 is 11.8 Å². The van der Waals surface area contributed by atoms with Crippen LogP contribution in [-0.4, -0.2) is 45.0 Å². The minimum absolute atomic E-state index is 0.0196. The van der Waals surface area contributed by atoms with E-state index < -0.39 is 0 Å². The SMILES string of the molecule is CC1=CC2(CCN(Cc3ccc(Sc4nncn4C)o3)CC2)OCC1. The Hall–Kier alpha value is -1.57. The van der Waals surface area contributed by atoms with Crippen molar-refractivity contribution in [2.24, 2.45) is 7.05 Å². The van der Waals surface area contributed by atoms with E-state index in [1.165, 1.54) is 17.3 Å². The van der Waals surface area contributed by atoms with Crippen LogP contribution in [0.2, 0.25) is 0 Å². The molecule has 134 valence electrons. The molecule has 4 rings (SSSR count). The molecular formula is C18H24N4O2S. The summed E-state index contributed by atoms with van der Waals surface area (Å²) in [6, 6.07) is 4.07. The lowest BCUT2D eigenvalue weighted by Crippen LogP contribution is -2.46. The fourth-order valence-electron chi connectivity index (χ4n) is 3.53. The standard InChI is InChI=1S/C18H24N4O2S/c1-14-5-10-23-18(11-14)6-8-22(9-7-18)12-15-3-4-16(24-15)25-17-20-19-13-21(17)2/h3-4,11,13H,5-10,12H2,1-2H3. The molecular weight excluding hydrogens is 336 g/mol. The van der Waals surface area contributed by atoms with Crippen LogP contribution in [0.5, 0.6) is 0 Å². The summed E-state index contributed by atoms with van der Waals surface area (Å²) in [7, 11) is 1.93. The van der Waals surface area contributed by atoms with Crippen molar-refractivity contribution in [1.29, 1.82) is 0 Å². The van der Waals surface area contributed by atoms with Gasteiger partial charge in [-0.05, 0) is 50.1 Å². The van der Waals surface area contributed by atoms with Gasteiger partial charge in [0.25, 0.3) is 0 Å². The second-order valence-corrected chi connectivity index (χ2v) is 7.95. The quantitative estimate of drug-likeness (QED) is 0.780. The molecule has 1 fully saturated rings. The van der Waals surface area contributed by atoms with E-state index in [4.69, 9.17) is 9.15 Å². The molecule has 6 nitrogen and oxygen atoms in total. The largest absolute Gasteiger partial charge is 0.453 e. The zero-order valence-electron chi connectivity index (χ0n) is 14.8. The van der Waals surface area contributed by atoms with E-state index in [0.29, 0.717) is 0 Å². The summed E-state index contributed by atoms with van der Waals surface area (Å²) in [5.41, 5.74) is 1.45. The summed E-state index contributed by atoms with van der Waals surface area (Å²) >= 11 is 1.50. The lowest BCUT2D eigenvalue weighted by molar-refractivity contribution is -0.0584. The summed E-state index contributed by atoms with van der Waals surface area (Å²) in [6.07, 6.45) is 7.25. The Balaban J connectivity index is 1.33. The van der Waals surface area contributed by atoms with Gasteiger partial charge in [0.15, 0.2) is 10.2 Å². The van der Waals surface area contributed by atoms with Gasteiger partial charge in [-0.25, -0.2) is 0 Å². The van der Waals surface area contributed by atoms with E-state index in [1.54, 1.807) is 6.33 Å². The van der Waals surface area contributed by atoms with Gasteiger partial charge < -0.3 is 13.7 Å². The van der Waals surface area contributed by atoms with Gasteiger partial charge >= 0.3 is 0 Å². The first-order valence-electron chi connectivity index (χ1n) is 8.77. The molecule has 1 spiro atoms. The molecule has 2 aromatic heterocycles. The van der Waals surface area contributed by atoms with E-state index in [0.717, 1.165) is 61.5 Å². The molecule has 1 saturated heterocycles. The third kappa shape index (κ3) is 3.83. The number of nitrogens with zero attached hydrogens (tertiary/aromatic N) is 4. The van der Waals surface area contributed by atoms with E-state index in [-0.39, 0.29) is 5.60 Å². The topological polar surface area (TPSA) is 56.3 Å². The second-order valence-electron chi connectivity index (χ2n) is 6.98. The maximum atomic E-state index is 6.10. The van der Waals surface area contributed by atoms with E-state index in [9.17, 15) is 0 Å². The van der Waals surface area contributed by atoms with Gasteiger partial charge in [-0.15, -0.1) is 10.2 Å². The molecule has 0 aromatic carbocycles. The van der Waals surface area contributed by atoms with E-state index in [1.807, 2.05) is 17.7 Å². The second kappa shape index (κ2) is 6.97. The van der Waals surface area contributed by atoms with Crippen molar-refractivity contribution in [2.75, 3.05) is 19.7 Å². The Bertz CT molecular complexity index is 759. The number of furan rings is 1. The molecule has 0 saturated carbocycles. The van der Waals surface area contributed by atoms with Gasteiger partial charge in [-0.2, -0.15) is 0 Å². The maximum absolute atomic E-state index is 6.10. The van der Waals surface area contributed by atoms with Gasteiger partial charge in [0.05, 0.1) is 18.8 Å². The number of rotatable bonds is 4. The molecule has 2 aromatic rings. The first-order valence-corrected chi connectivity index (χ1v) is 9.59. The fraction of sp³-hybridized carbons (Fsp3) is 0.556. The molecule has 0 amide bonds. The van der Waals surface area contributed by atoms with Crippen LogP contribution in [0.3, 0.4) is 0 Å². The van der Waals surface area contributed by atoms with Crippen molar-refractivity contribution in [2.45, 2.75) is 48.6 Å². The molecule has 2 aliphatic rings. The highest BCUT2D eigenvalue weighted by Gasteiger charge is 2.35. The molecule has 7 heteroatoms. The first-order chi connectivity index (χ1) is 12.1. The third-order valence-electron chi connectivity index (χ3n) is 4.98. The first kappa shape index (κ1) is 16.9. The number of hydrogen-bond donors (Lipinski definition) is 0. The van der Waals surface area contributed by atoms with Crippen molar-refractivity contribution in [3.63, 3.8) is 0 Å². The van der Waals surface area contributed by atoms with Crippen molar-refractivity contribution in [1.82, 2.24) is 19.7 Å². The predicted octanol–water partition coefficient (Wildman–Crippen LogP) is 3.26. The Morgan fingerprint density at radius 1 is 1.28 bits per heavy atom. The number of aromatic nitrogens is 3. The smallest absolute Gasteiger partial charge is 0.198 e. The number of likely N-dealkylation sites (tertiary alicyclic amines) is 1. The summed E-state index contributed by atoms with van der Waals surface area (Å²) in [4.78, 5) is 2.45. The van der Waals surface area contributed by atoms with Gasteiger partial charge in [0.1, 0.15) is 12.1 Å². The normalized spacial score (nSPS) is 20.8. The molecule has 0 unspecified atom stereocenters. The molecule has 0 radical (unpaired) electrons. The van der Waals surface area contributed by atoms with Crippen molar-refractivity contribution in [3.8, 4) is 0 Å². The zero-order valence-corrected chi connectivity index (χ0v) is 15.6. The van der Waals surface area contributed by atoms with E-state index in [2.05, 4.69) is 34.2 Å². The summed E-state index contributed by atoms with van der Waals surface area (Å²) in [5.74, 6) is 0.997. The lowest BCUT2D eigenvalue weighted by atomic mass is 9.87. The molecule has 0 atom stereocenters. The van der Waals surface area contributed by atoms with Gasteiger partial charge in [0, 0.05) is 20.1 Å². The average Bonchev–Trinajstić information content (AvgIpc) is 3.20. The number of ether oxygens (including phenoxy) is 1. The summed E-state index contributed by atoms with van der Waals surface area (Å²) in [5, 5.41) is 9.65. The van der Waals surface area contributed by atoms with Crippen LogP contribution in [-0.2, 0) is 18.3 Å². The molecule has 0 bridgehead atoms. The molecule has 0 aliphatic carbocycles. The van der Waals surface area contributed by atoms with Crippen molar-refractivity contribution < 1.29 is 9.15 Å². The highest BCUT2D eigenvalue weighted by molar-refractivity contribution is 7.99. The van der Waals surface area contributed by atoms with E-state index >= 15 is 0 Å². The fourth-order valence-corrected chi connectivity index (χ4v) is 4.27. The predicted molar refractivity (Wildman–Crippen MR) is 95.4 cm³/mol. The minimum atomic E-state index is -0.0196. The van der Waals surface area contributed by atoms with Gasteiger partial charge in [-0.1, -0.05) is 11.6 Å². The Kier molecular flexibility index (Phi) is 4.71. The molecule has 0 N–H and O–H groups in total. The van der Waals surface area contributed by atoms with Gasteiger partial charge in [-0.3, -0.25) is 4.90 Å². The Morgan fingerprint density at radius 2 is 2.12 bits per heavy atom. The molecule has 25 heavy (non-hydrogen) atoms. The highest BCUT2D eigenvalue weighted by Crippen LogP contribution is 2.34. The molecule has 2 aliphatic heterocycles. The number of hydrogen-bond acceptors (Lipinski definition) is 6. The number of aryl methyl sites for hydroxylation is 1. The maximum Gasteiger partial charge on any atom is 0.198 e. The van der Waals surface area contributed by atoms with Crippen LogP contribution >= 0.6 is 11.8 Å². The lowest BCUT2D eigenvalue weighted by Gasteiger charge is -2.42. The highest BCUT2D eigenvalue weighted by atomic mass is 32.2. The number of piperidine rings is 1. The van der Waals surface area contributed by atoms with Gasteiger partial charge in [0.2, 0.25) is 0 Å². The monoisotopic (exact) mass is 360 g/mol. The summed E-state index contributed by atoms with van der Waals surface area (Å²) in [6.45, 7) is 6.00. The zero-order chi connectivity index (χ0) is 17.3. The third-order valence-corrected chi connectivity index (χ3v) is 5.95. The molecule has 4 heterocycles. The Labute approximate surface area is 152 Å². The Morgan fingerprint density at radius 3 is 2.84 bits per heavy atom. The average molecular weight is 360 g/mol. The van der Waals surface area contributed by atoms with Crippen LogP contribution < -0.4 is 0 Å². The van der Waals surface area contributed by atoms with Crippen LogP contribution in [0.15, 0.2) is 44.8 Å². The van der Waals surface area contributed by atoms with Crippen LogP contribution in [0.1, 0.15) is 31.9 Å². The van der Waals surface area contributed by atoms with Crippen LogP contribution in [0, 0.1) is 0 Å².